The minimum absolute atomic E-state index is 0.123. The Morgan fingerprint density at radius 1 is 1.45 bits per heavy atom. The van der Waals surface area contributed by atoms with E-state index < -0.39 is 0 Å². The minimum atomic E-state index is -0.326. The number of anilines is 1. The number of hydrogen-bond donors (Lipinski definition) is 1. The predicted octanol–water partition coefficient (Wildman–Crippen LogP) is 3.36. The average Bonchev–Trinajstić information content (AvgIpc) is 2.69. The van der Waals surface area contributed by atoms with Gasteiger partial charge in [-0.25, -0.2) is 4.68 Å². The van der Waals surface area contributed by atoms with Crippen LogP contribution in [0.2, 0.25) is 0 Å². The highest BCUT2D eigenvalue weighted by molar-refractivity contribution is 5.60. The lowest BCUT2D eigenvalue weighted by molar-refractivity contribution is -0.384. The van der Waals surface area contributed by atoms with Crippen LogP contribution in [0, 0.1) is 28.9 Å². The summed E-state index contributed by atoms with van der Waals surface area (Å²) in [6, 6.07) is 0.297. The second-order valence-electron chi connectivity index (χ2n) is 6.00. The summed E-state index contributed by atoms with van der Waals surface area (Å²) in [4.78, 5) is 10.9. The fraction of sp³-hybridized carbons (Fsp3) is 0.786. The molecule has 0 saturated heterocycles. The van der Waals surface area contributed by atoms with E-state index >= 15 is 0 Å². The van der Waals surface area contributed by atoms with Crippen molar-refractivity contribution in [3.63, 3.8) is 0 Å². The van der Waals surface area contributed by atoms with E-state index in [0.717, 1.165) is 12.3 Å². The molecule has 0 radical (unpaired) electrons. The van der Waals surface area contributed by atoms with Crippen molar-refractivity contribution < 1.29 is 4.92 Å². The van der Waals surface area contributed by atoms with Crippen LogP contribution in [0.3, 0.4) is 0 Å². The van der Waals surface area contributed by atoms with Crippen LogP contribution in [0.5, 0.6) is 0 Å². The minimum Gasteiger partial charge on any atom is -0.362 e. The fourth-order valence-corrected chi connectivity index (χ4v) is 3.22. The normalized spacial score (nSPS) is 26.5. The molecule has 6 heteroatoms. The Bertz CT molecular complexity index is 498. The van der Waals surface area contributed by atoms with Gasteiger partial charge in [0, 0.05) is 12.6 Å². The maximum Gasteiger partial charge on any atom is 0.333 e. The molecule has 1 fully saturated rings. The topological polar surface area (TPSA) is 73.0 Å². The maximum absolute atomic E-state index is 11.3. The molecule has 0 aliphatic heterocycles. The van der Waals surface area contributed by atoms with Crippen molar-refractivity contribution in [1.82, 2.24) is 9.78 Å². The zero-order chi connectivity index (χ0) is 14.9. The van der Waals surface area contributed by atoms with E-state index in [1.54, 1.807) is 11.6 Å². The quantitative estimate of drug-likeness (QED) is 0.678. The molecule has 3 atom stereocenters. The molecule has 1 aromatic rings. The Balaban J connectivity index is 2.26. The van der Waals surface area contributed by atoms with Crippen molar-refractivity contribution in [2.24, 2.45) is 11.8 Å². The fourth-order valence-electron chi connectivity index (χ4n) is 3.22. The molecular weight excluding hydrogens is 256 g/mol. The number of hydrogen-bond acceptors (Lipinski definition) is 4. The lowest BCUT2D eigenvalue weighted by Gasteiger charge is -2.33. The largest absolute Gasteiger partial charge is 0.362 e. The Morgan fingerprint density at radius 3 is 2.70 bits per heavy atom. The molecule has 1 aromatic heterocycles. The average molecular weight is 280 g/mol. The first-order valence-electron chi connectivity index (χ1n) is 7.42. The van der Waals surface area contributed by atoms with Crippen LogP contribution in [0.4, 0.5) is 11.5 Å². The zero-order valence-corrected chi connectivity index (χ0v) is 12.7. The molecule has 20 heavy (non-hydrogen) atoms. The van der Waals surface area contributed by atoms with Crippen LogP contribution in [0.15, 0.2) is 0 Å². The summed E-state index contributed by atoms with van der Waals surface area (Å²) in [5.41, 5.74) is 0.605. The van der Waals surface area contributed by atoms with Gasteiger partial charge in [0.05, 0.1) is 4.92 Å². The smallest absolute Gasteiger partial charge is 0.333 e. The van der Waals surface area contributed by atoms with Crippen LogP contribution in [0.25, 0.3) is 0 Å². The molecule has 1 saturated carbocycles. The second kappa shape index (κ2) is 5.81. The van der Waals surface area contributed by atoms with E-state index in [2.05, 4.69) is 24.3 Å². The monoisotopic (exact) mass is 280 g/mol. The second-order valence-corrected chi connectivity index (χ2v) is 6.00. The van der Waals surface area contributed by atoms with E-state index in [0.29, 0.717) is 30.0 Å². The third-order valence-corrected chi connectivity index (χ3v) is 4.33. The Labute approximate surface area is 119 Å². The SMILES string of the molecule is CCn1nc(C)c([N+](=O)[O-])c1NC1CCC(C)CC1C. The first-order valence-corrected chi connectivity index (χ1v) is 7.42. The number of nitro groups is 1. The Kier molecular flexibility index (Phi) is 4.30. The third kappa shape index (κ3) is 2.78. The summed E-state index contributed by atoms with van der Waals surface area (Å²) in [5, 5.41) is 18.9. The highest BCUT2D eigenvalue weighted by atomic mass is 16.6. The van der Waals surface area contributed by atoms with Gasteiger partial charge < -0.3 is 5.32 Å². The number of rotatable bonds is 4. The summed E-state index contributed by atoms with van der Waals surface area (Å²) in [7, 11) is 0. The number of aryl methyl sites for hydroxylation is 2. The van der Waals surface area contributed by atoms with E-state index in [9.17, 15) is 10.1 Å². The van der Waals surface area contributed by atoms with Crippen LogP contribution >= 0.6 is 0 Å². The summed E-state index contributed by atoms with van der Waals surface area (Å²) in [5.74, 6) is 1.84. The molecule has 1 heterocycles. The van der Waals surface area contributed by atoms with E-state index in [1.807, 2.05) is 6.92 Å². The van der Waals surface area contributed by atoms with Crippen molar-refractivity contribution >= 4 is 11.5 Å². The van der Waals surface area contributed by atoms with Gasteiger partial charge in [0.1, 0.15) is 5.69 Å². The van der Waals surface area contributed by atoms with Gasteiger partial charge in [-0.1, -0.05) is 13.8 Å². The molecule has 0 aromatic carbocycles. The van der Waals surface area contributed by atoms with Gasteiger partial charge in [-0.15, -0.1) is 0 Å². The van der Waals surface area contributed by atoms with Gasteiger partial charge >= 0.3 is 5.69 Å². The molecule has 112 valence electrons. The Morgan fingerprint density at radius 2 is 2.15 bits per heavy atom. The van der Waals surface area contributed by atoms with Crippen molar-refractivity contribution in [2.45, 2.75) is 59.5 Å². The molecule has 0 bridgehead atoms. The third-order valence-electron chi connectivity index (χ3n) is 4.33. The maximum atomic E-state index is 11.3. The highest BCUT2D eigenvalue weighted by Crippen LogP contribution is 2.34. The van der Waals surface area contributed by atoms with E-state index in [4.69, 9.17) is 0 Å². The first-order chi connectivity index (χ1) is 9.43. The highest BCUT2D eigenvalue weighted by Gasteiger charge is 2.31. The standard InChI is InChI=1S/C14H24N4O2/c1-5-17-14(13(18(19)20)11(4)16-17)15-12-7-6-9(2)8-10(12)3/h9-10,12,15H,5-8H2,1-4H3. The van der Waals surface area contributed by atoms with Crippen molar-refractivity contribution in [1.29, 1.82) is 0 Å². The van der Waals surface area contributed by atoms with Crippen molar-refractivity contribution in [3.8, 4) is 0 Å². The van der Waals surface area contributed by atoms with Crippen molar-refractivity contribution in [3.05, 3.63) is 15.8 Å². The predicted molar refractivity (Wildman–Crippen MR) is 78.9 cm³/mol. The number of aromatic nitrogens is 2. The van der Waals surface area contributed by atoms with Crippen LogP contribution in [-0.4, -0.2) is 20.7 Å². The summed E-state index contributed by atoms with van der Waals surface area (Å²) < 4.78 is 1.71. The lowest BCUT2D eigenvalue weighted by Crippen LogP contribution is -2.34. The zero-order valence-electron chi connectivity index (χ0n) is 12.7. The first kappa shape index (κ1) is 14.8. The van der Waals surface area contributed by atoms with E-state index in [-0.39, 0.29) is 10.6 Å². The molecule has 0 amide bonds. The van der Waals surface area contributed by atoms with Crippen LogP contribution in [0.1, 0.15) is 45.7 Å². The van der Waals surface area contributed by atoms with Gasteiger partial charge in [-0.2, -0.15) is 5.10 Å². The molecule has 1 aliphatic rings. The molecule has 0 spiro atoms. The van der Waals surface area contributed by atoms with E-state index in [1.165, 1.54) is 12.8 Å². The molecule has 1 aliphatic carbocycles. The molecule has 2 rings (SSSR count). The van der Waals surface area contributed by atoms with Gasteiger partial charge in [0.15, 0.2) is 0 Å². The molecule has 1 N–H and O–H groups in total. The van der Waals surface area contributed by atoms with Crippen LogP contribution < -0.4 is 5.32 Å². The van der Waals surface area contributed by atoms with Gasteiger partial charge in [0.2, 0.25) is 5.82 Å². The molecule has 3 unspecified atom stereocenters. The van der Waals surface area contributed by atoms with Gasteiger partial charge in [-0.05, 0) is 44.9 Å². The number of nitrogens with zero attached hydrogens (tertiary/aromatic N) is 3. The molecule has 6 nitrogen and oxygen atoms in total. The van der Waals surface area contributed by atoms with Gasteiger partial charge in [0.25, 0.3) is 0 Å². The molecular formula is C14H24N4O2. The summed E-state index contributed by atoms with van der Waals surface area (Å²) >= 11 is 0. The van der Waals surface area contributed by atoms with Gasteiger partial charge in [-0.3, -0.25) is 10.1 Å². The van der Waals surface area contributed by atoms with Crippen LogP contribution in [-0.2, 0) is 6.54 Å². The summed E-state index contributed by atoms with van der Waals surface area (Å²) in [6.45, 7) is 8.78. The lowest BCUT2D eigenvalue weighted by atomic mass is 9.80. The number of nitrogens with one attached hydrogen (secondary N) is 1. The van der Waals surface area contributed by atoms with Crippen molar-refractivity contribution in [2.75, 3.05) is 5.32 Å². The summed E-state index contributed by atoms with van der Waals surface area (Å²) in [6.07, 6.45) is 3.41. The Hall–Kier alpha value is -1.59.